The first-order valence-electron chi connectivity index (χ1n) is 5.48. The molecule has 1 aromatic heterocycles. The topological polar surface area (TPSA) is 59.2 Å². The van der Waals surface area contributed by atoms with E-state index in [0.29, 0.717) is 0 Å². The van der Waals surface area contributed by atoms with Crippen LogP contribution >= 0.6 is 0 Å². The van der Waals surface area contributed by atoms with Crippen LogP contribution < -0.4 is 10.6 Å². The van der Waals surface area contributed by atoms with Crippen molar-refractivity contribution < 1.29 is 4.21 Å². The molecule has 5 heteroatoms. The summed E-state index contributed by atoms with van der Waals surface area (Å²) in [6, 6.07) is 4.03. The molecule has 0 aliphatic carbocycles. The van der Waals surface area contributed by atoms with Crippen molar-refractivity contribution in [1.29, 1.82) is 0 Å². The third kappa shape index (κ3) is 2.59. The Kier molecular flexibility index (Phi) is 3.56. The van der Waals surface area contributed by atoms with Crippen molar-refractivity contribution in [1.82, 2.24) is 4.98 Å². The van der Waals surface area contributed by atoms with Crippen molar-refractivity contribution in [3.05, 3.63) is 23.9 Å². The highest BCUT2D eigenvalue weighted by Crippen LogP contribution is 2.16. The van der Waals surface area contributed by atoms with Gasteiger partial charge in [0.1, 0.15) is 5.82 Å². The third-order valence-electron chi connectivity index (χ3n) is 2.80. The molecular weight excluding hydrogens is 222 g/mol. The Bertz CT molecular complexity index is 367. The highest BCUT2D eigenvalue weighted by molar-refractivity contribution is 7.85. The van der Waals surface area contributed by atoms with Gasteiger partial charge >= 0.3 is 0 Å². The number of aromatic nitrogens is 1. The number of hydrogen-bond acceptors (Lipinski definition) is 4. The molecule has 2 N–H and O–H groups in total. The lowest BCUT2D eigenvalue weighted by Crippen LogP contribution is -2.38. The first-order chi connectivity index (χ1) is 7.66. The maximum Gasteiger partial charge on any atom is 0.128 e. The highest BCUT2D eigenvalue weighted by atomic mass is 32.2. The molecule has 0 bridgehead atoms. The van der Waals surface area contributed by atoms with E-state index in [1.165, 1.54) is 0 Å². The first-order valence-corrected chi connectivity index (χ1v) is 6.97. The van der Waals surface area contributed by atoms with Crippen LogP contribution in [-0.4, -0.2) is 33.8 Å². The van der Waals surface area contributed by atoms with E-state index in [9.17, 15) is 4.21 Å². The monoisotopic (exact) mass is 239 g/mol. The standard InChI is InChI=1S/C11H17N3OS/c1-9(12)10-2-3-11(13-8-10)14-4-6-16(15)7-5-14/h2-3,8-9H,4-7,12H2,1H3. The molecule has 2 rings (SSSR count). The number of rotatable bonds is 2. The number of pyridine rings is 1. The highest BCUT2D eigenvalue weighted by Gasteiger charge is 2.16. The Balaban J connectivity index is 2.07. The molecule has 1 unspecified atom stereocenters. The average molecular weight is 239 g/mol. The summed E-state index contributed by atoms with van der Waals surface area (Å²) in [5.74, 6) is 2.45. The van der Waals surface area contributed by atoms with Gasteiger partial charge in [-0.1, -0.05) is 6.07 Å². The summed E-state index contributed by atoms with van der Waals surface area (Å²) >= 11 is 0. The van der Waals surface area contributed by atoms with Crippen molar-refractivity contribution in [2.75, 3.05) is 29.5 Å². The van der Waals surface area contributed by atoms with Gasteiger partial charge in [-0.2, -0.15) is 0 Å². The predicted octanol–water partition coefficient (Wildman–Crippen LogP) is 0.670. The normalized spacial score (nSPS) is 19.8. The summed E-state index contributed by atoms with van der Waals surface area (Å²) in [5, 5.41) is 0. The molecular formula is C11H17N3OS. The first kappa shape index (κ1) is 11.5. The lowest BCUT2D eigenvalue weighted by Gasteiger charge is -2.27. The molecule has 2 heterocycles. The van der Waals surface area contributed by atoms with Crippen molar-refractivity contribution in [3.63, 3.8) is 0 Å². The van der Waals surface area contributed by atoms with Crippen LogP contribution in [0.15, 0.2) is 18.3 Å². The van der Waals surface area contributed by atoms with Crippen LogP contribution in [0.3, 0.4) is 0 Å². The molecule has 1 aliphatic heterocycles. The fourth-order valence-electron chi connectivity index (χ4n) is 1.72. The summed E-state index contributed by atoms with van der Waals surface area (Å²) < 4.78 is 11.2. The second-order valence-electron chi connectivity index (χ2n) is 4.07. The van der Waals surface area contributed by atoms with Crippen molar-refractivity contribution >= 4 is 16.6 Å². The minimum Gasteiger partial charge on any atom is -0.355 e. The maximum absolute atomic E-state index is 11.2. The lowest BCUT2D eigenvalue weighted by molar-refractivity contribution is 0.672. The molecule has 0 radical (unpaired) electrons. The largest absolute Gasteiger partial charge is 0.355 e. The van der Waals surface area contributed by atoms with Gasteiger partial charge in [-0.25, -0.2) is 4.98 Å². The summed E-state index contributed by atoms with van der Waals surface area (Å²) in [5.41, 5.74) is 6.81. The van der Waals surface area contributed by atoms with E-state index in [-0.39, 0.29) is 6.04 Å². The van der Waals surface area contributed by atoms with Crippen LogP contribution in [0, 0.1) is 0 Å². The van der Waals surface area contributed by atoms with Crippen LogP contribution in [0.5, 0.6) is 0 Å². The number of anilines is 1. The van der Waals surface area contributed by atoms with Gasteiger partial charge in [0.15, 0.2) is 0 Å². The second-order valence-corrected chi connectivity index (χ2v) is 5.77. The van der Waals surface area contributed by atoms with E-state index in [2.05, 4.69) is 9.88 Å². The summed E-state index contributed by atoms with van der Waals surface area (Å²) in [6.07, 6.45) is 1.82. The lowest BCUT2D eigenvalue weighted by atomic mass is 10.1. The van der Waals surface area contributed by atoms with Crippen LogP contribution in [0.25, 0.3) is 0 Å². The SMILES string of the molecule is CC(N)c1ccc(N2CCS(=O)CC2)nc1. The van der Waals surface area contributed by atoms with Crippen LogP contribution in [-0.2, 0) is 10.8 Å². The molecule has 1 aliphatic rings. The second kappa shape index (κ2) is 4.93. The van der Waals surface area contributed by atoms with Crippen LogP contribution in [0.4, 0.5) is 5.82 Å². The molecule has 4 nitrogen and oxygen atoms in total. The molecule has 1 saturated heterocycles. The Labute approximate surface area is 98.3 Å². The predicted molar refractivity (Wildman–Crippen MR) is 66.9 cm³/mol. The van der Waals surface area contributed by atoms with Gasteiger partial charge in [0.05, 0.1) is 0 Å². The van der Waals surface area contributed by atoms with Gasteiger partial charge in [0.2, 0.25) is 0 Å². The van der Waals surface area contributed by atoms with E-state index in [1.807, 2.05) is 25.3 Å². The summed E-state index contributed by atoms with van der Waals surface area (Å²) in [7, 11) is -0.636. The Morgan fingerprint density at radius 1 is 1.44 bits per heavy atom. The number of nitrogens with zero attached hydrogens (tertiary/aromatic N) is 2. The van der Waals surface area contributed by atoms with Crippen molar-refractivity contribution in [2.24, 2.45) is 5.73 Å². The van der Waals surface area contributed by atoms with Gasteiger partial charge in [-0.15, -0.1) is 0 Å². The van der Waals surface area contributed by atoms with Gasteiger partial charge in [0, 0.05) is 47.6 Å². The fraction of sp³-hybridized carbons (Fsp3) is 0.545. The molecule has 1 atom stereocenters. The molecule has 0 aromatic carbocycles. The molecule has 0 spiro atoms. The Morgan fingerprint density at radius 2 is 2.12 bits per heavy atom. The molecule has 1 fully saturated rings. The fourth-order valence-corrected chi connectivity index (χ4v) is 2.77. The summed E-state index contributed by atoms with van der Waals surface area (Å²) in [4.78, 5) is 6.57. The quantitative estimate of drug-likeness (QED) is 0.824. The van der Waals surface area contributed by atoms with Crippen LogP contribution in [0.2, 0.25) is 0 Å². The summed E-state index contributed by atoms with van der Waals surface area (Å²) in [6.45, 7) is 3.61. The minimum absolute atomic E-state index is 0.0235. The maximum atomic E-state index is 11.2. The zero-order valence-corrected chi connectivity index (χ0v) is 10.2. The van der Waals surface area contributed by atoms with Gasteiger partial charge in [-0.3, -0.25) is 4.21 Å². The average Bonchev–Trinajstić information content (AvgIpc) is 2.30. The van der Waals surface area contributed by atoms with E-state index in [4.69, 9.17) is 5.73 Å². The molecule has 1 aromatic rings. The minimum atomic E-state index is -0.636. The van der Waals surface area contributed by atoms with E-state index in [0.717, 1.165) is 36.0 Å². The molecule has 88 valence electrons. The smallest absolute Gasteiger partial charge is 0.128 e. The molecule has 0 saturated carbocycles. The number of hydrogen-bond donors (Lipinski definition) is 1. The third-order valence-corrected chi connectivity index (χ3v) is 4.07. The molecule has 16 heavy (non-hydrogen) atoms. The van der Waals surface area contributed by atoms with Crippen LogP contribution in [0.1, 0.15) is 18.5 Å². The zero-order valence-electron chi connectivity index (χ0n) is 9.43. The van der Waals surface area contributed by atoms with Gasteiger partial charge in [-0.05, 0) is 18.6 Å². The Hall–Kier alpha value is -0.940. The van der Waals surface area contributed by atoms with Gasteiger partial charge < -0.3 is 10.6 Å². The van der Waals surface area contributed by atoms with E-state index < -0.39 is 10.8 Å². The van der Waals surface area contributed by atoms with Crippen molar-refractivity contribution in [3.8, 4) is 0 Å². The Morgan fingerprint density at radius 3 is 2.62 bits per heavy atom. The van der Waals surface area contributed by atoms with Crippen molar-refractivity contribution in [2.45, 2.75) is 13.0 Å². The number of nitrogens with two attached hydrogens (primary N) is 1. The van der Waals surface area contributed by atoms with E-state index >= 15 is 0 Å². The van der Waals surface area contributed by atoms with Gasteiger partial charge in [0.25, 0.3) is 0 Å². The zero-order chi connectivity index (χ0) is 11.5. The molecule has 0 amide bonds. The van der Waals surface area contributed by atoms with E-state index in [1.54, 1.807) is 0 Å².